The van der Waals surface area contributed by atoms with E-state index in [1.807, 2.05) is 49.4 Å². The van der Waals surface area contributed by atoms with Gasteiger partial charge in [-0.3, -0.25) is 14.2 Å². The van der Waals surface area contributed by atoms with Crippen LogP contribution in [0, 0.1) is 6.92 Å². The van der Waals surface area contributed by atoms with E-state index >= 15 is 0 Å². The topological polar surface area (TPSA) is 95.3 Å². The van der Waals surface area contributed by atoms with Crippen molar-refractivity contribution < 1.29 is 14.3 Å². The SMILES string of the molecule is Cc1ccc(-c2nsc3c(=O)n(CC(=O)NCc4ccc5c(c4)OCO5)cnc23)cc1. The minimum absolute atomic E-state index is 0.121. The summed E-state index contributed by atoms with van der Waals surface area (Å²) in [6.45, 7) is 2.41. The fourth-order valence-electron chi connectivity index (χ4n) is 3.33. The number of hydrogen-bond donors (Lipinski definition) is 1. The maximum absolute atomic E-state index is 12.8. The lowest BCUT2D eigenvalue weighted by Gasteiger charge is -2.08. The summed E-state index contributed by atoms with van der Waals surface area (Å²) in [6, 6.07) is 13.4. The molecule has 1 aliphatic rings. The monoisotopic (exact) mass is 434 g/mol. The van der Waals surface area contributed by atoms with Gasteiger partial charge in [0, 0.05) is 12.1 Å². The molecule has 1 N–H and O–H groups in total. The van der Waals surface area contributed by atoms with Gasteiger partial charge in [0.15, 0.2) is 11.5 Å². The minimum Gasteiger partial charge on any atom is -0.454 e. The van der Waals surface area contributed by atoms with Crippen molar-refractivity contribution in [1.29, 1.82) is 0 Å². The number of rotatable bonds is 5. The molecule has 1 aliphatic heterocycles. The number of nitrogens with one attached hydrogen (secondary N) is 1. The second-order valence-corrected chi connectivity index (χ2v) is 7.99. The summed E-state index contributed by atoms with van der Waals surface area (Å²) in [6.07, 6.45) is 1.40. The summed E-state index contributed by atoms with van der Waals surface area (Å²) in [5.41, 5.74) is 3.88. The van der Waals surface area contributed by atoms with Gasteiger partial charge in [0.25, 0.3) is 5.56 Å². The van der Waals surface area contributed by atoms with Gasteiger partial charge in [-0.1, -0.05) is 35.9 Å². The van der Waals surface area contributed by atoms with Crippen molar-refractivity contribution in [2.75, 3.05) is 6.79 Å². The van der Waals surface area contributed by atoms with Crippen LogP contribution < -0.4 is 20.3 Å². The van der Waals surface area contributed by atoms with Crippen LogP contribution in [0.1, 0.15) is 11.1 Å². The van der Waals surface area contributed by atoms with E-state index in [1.54, 1.807) is 0 Å². The summed E-state index contributed by atoms with van der Waals surface area (Å²) in [4.78, 5) is 29.7. The van der Waals surface area contributed by atoms with Crippen LogP contribution in [0.3, 0.4) is 0 Å². The first-order chi connectivity index (χ1) is 15.1. The van der Waals surface area contributed by atoms with Crippen molar-refractivity contribution in [3.8, 4) is 22.8 Å². The molecule has 4 aromatic rings. The predicted molar refractivity (Wildman–Crippen MR) is 116 cm³/mol. The summed E-state index contributed by atoms with van der Waals surface area (Å²) in [5.74, 6) is 1.06. The normalized spacial score (nSPS) is 12.3. The lowest BCUT2D eigenvalue weighted by molar-refractivity contribution is -0.121. The zero-order valence-electron chi connectivity index (χ0n) is 16.6. The molecule has 0 spiro atoms. The van der Waals surface area contributed by atoms with Crippen LogP contribution in [0.4, 0.5) is 0 Å². The predicted octanol–water partition coefficient (Wildman–Crippen LogP) is 2.87. The molecule has 0 atom stereocenters. The first-order valence-corrected chi connectivity index (χ1v) is 10.4. The van der Waals surface area contributed by atoms with Crippen LogP contribution in [0.15, 0.2) is 53.6 Å². The number of aromatic nitrogens is 3. The Labute approximate surface area is 181 Å². The molecular weight excluding hydrogens is 416 g/mol. The average Bonchev–Trinajstić information content (AvgIpc) is 3.42. The van der Waals surface area contributed by atoms with Crippen LogP contribution in [-0.4, -0.2) is 26.6 Å². The third kappa shape index (κ3) is 3.75. The van der Waals surface area contributed by atoms with Gasteiger partial charge in [0.1, 0.15) is 22.5 Å². The molecule has 0 fully saturated rings. The third-order valence-corrected chi connectivity index (χ3v) is 5.84. The van der Waals surface area contributed by atoms with Crippen LogP contribution in [-0.2, 0) is 17.9 Å². The van der Waals surface area contributed by atoms with E-state index in [1.165, 1.54) is 10.9 Å². The van der Waals surface area contributed by atoms with Crippen molar-refractivity contribution in [2.45, 2.75) is 20.0 Å². The Hall–Kier alpha value is -3.72. The molecule has 0 bridgehead atoms. The first-order valence-electron chi connectivity index (χ1n) is 9.65. The van der Waals surface area contributed by atoms with Crippen molar-refractivity contribution in [3.63, 3.8) is 0 Å². The van der Waals surface area contributed by atoms with Gasteiger partial charge in [-0.25, -0.2) is 4.98 Å². The summed E-state index contributed by atoms with van der Waals surface area (Å²) in [5, 5.41) is 2.82. The van der Waals surface area contributed by atoms with Gasteiger partial charge in [0.05, 0.1) is 6.33 Å². The Morgan fingerprint density at radius 1 is 1.16 bits per heavy atom. The Morgan fingerprint density at radius 3 is 2.81 bits per heavy atom. The van der Waals surface area contributed by atoms with Crippen LogP contribution in [0.2, 0.25) is 0 Å². The quantitative estimate of drug-likeness (QED) is 0.519. The molecule has 3 heterocycles. The average molecular weight is 434 g/mol. The van der Waals surface area contributed by atoms with Gasteiger partial charge in [-0.2, -0.15) is 4.37 Å². The highest BCUT2D eigenvalue weighted by atomic mass is 32.1. The molecule has 2 aromatic heterocycles. The zero-order valence-corrected chi connectivity index (χ0v) is 17.4. The Balaban J connectivity index is 1.31. The Kier molecular flexibility index (Phi) is 4.87. The highest BCUT2D eigenvalue weighted by molar-refractivity contribution is 7.13. The number of nitrogens with zero attached hydrogens (tertiary/aromatic N) is 3. The molecule has 0 radical (unpaired) electrons. The Morgan fingerprint density at radius 2 is 1.97 bits per heavy atom. The molecule has 0 unspecified atom stereocenters. The van der Waals surface area contributed by atoms with E-state index < -0.39 is 0 Å². The lowest BCUT2D eigenvalue weighted by Crippen LogP contribution is -2.31. The smallest absolute Gasteiger partial charge is 0.273 e. The number of ether oxygens (including phenoxy) is 2. The second kappa shape index (κ2) is 7.84. The van der Waals surface area contributed by atoms with Gasteiger partial charge < -0.3 is 14.8 Å². The van der Waals surface area contributed by atoms with E-state index in [-0.39, 0.29) is 24.8 Å². The van der Waals surface area contributed by atoms with E-state index in [2.05, 4.69) is 14.7 Å². The molecular formula is C22H18N4O4S. The molecule has 31 heavy (non-hydrogen) atoms. The maximum atomic E-state index is 12.8. The number of aryl methyl sites for hydroxylation is 1. The second-order valence-electron chi connectivity index (χ2n) is 7.22. The van der Waals surface area contributed by atoms with E-state index in [0.717, 1.165) is 28.2 Å². The van der Waals surface area contributed by atoms with Crippen molar-refractivity contribution in [2.24, 2.45) is 0 Å². The summed E-state index contributed by atoms with van der Waals surface area (Å²) >= 11 is 1.10. The van der Waals surface area contributed by atoms with Crippen molar-refractivity contribution in [3.05, 3.63) is 70.3 Å². The lowest BCUT2D eigenvalue weighted by atomic mass is 10.1. The standard InChI is InChI=1S/C22H18N4O4S/c1-13-2-5-15(6-3-13)19-20-21(31-25-19)22(28)26(11-24-20)10-18(27)23-9-14-4-7-16-17(8-14)30-12-29-16/h2-8,11H,9-10,12H2,1H3,(H,23,27). The molecule has 5 rings (SSSR count). The summed E-state index contributed by atoms with van der Waals surface area (Å²) in [7, 11) is 0. The molecule has 0 saturated carbocycles. The molecule has 1 amide bonds. The van der Waals surface area contributed by atoms with Gasteiger partial charge in [0.2, 0.25) is 12.7 Å². The number of carbonyl (C=O) groups is 1. The maximum Gasteiger partial charge on any atom is 0.273 e. The molecule has 2 aromatic carbocycles. The third-order valence-electron chi connectivity index (χ3n) is 5.01. The van der Waals surface area contributed by atoms with E-state index in [0.29, 0.717) is 34.0 Å². The molecule has 156 valence electrons. The number of hydrogen-bond acceptors (Lipinski definition) is 7. The summed E-state index contributed by atoms with van der Waals surface area (Å²) < 4.78 is 16.8. The number of amides is 1. The van der Waals surface area contributed by atoms with Crippen LogP contribution >= 0.6 is 11.5 Å². The number of benzene rings is 2. The highest BCUT2D eigenvalue weighted by Crippen LogP contribution is 2.32. The molecule has 8 nitrogen and oxygen atoms in total. The van der Waals surface area contributed by atoms with Gasteiger partial charge in [-0.05, 0) is 36.2 Å². The Bertz CT molecular complexity index is 1340. The largest absolute Gasteiger partial charge is 0.454 e. The van der Waals surface area contributed by atoms with Gasteiger partial charge >= 0.3 is 0 Å². The fourth-order valence-corrected chi connectivity index (χ4v) is 4.14. The molecule has 0 saturated heterocycles. The van der Waals surface area contributed by atoms with Crippen molar-refractivity contribution >= 4 is 27.7 Å². The minimum atomic E-state index is -0.288. The van der Waals surface area contributed by atoms with E-state index in [9.17, 15) is 9.59 Å². The highest BCUT2D eigenvalue weighted by Gasteiger charge is 2.16. The van der Waals surface area contributed by atoms with Gasteiger partial charge in [-0.15, -0.1) is 0 Å². The fraction of sp³-hybridized carbons (Fsp3) is 0.182. The number of carbonyl (C=O) groups excluding carboxylic acids is 1. The van der Waals surface area contributed by atoms with Crippen molar-refractivity contribution in [1.82, 2.24) is 19.2 Å². The van der Waals surface area contributed by atoms with Crippen LogP contribution in [0.25, 0.3) is 21.5 Å². The molecule has 9 heteroatoms. The van der Waals surface area contributed by atoms with Crippen LogP contribution in [0.5, 0.6) is 11.5 Å². The molecule has 0 aliphatic carbocycles. The van der Waals surface area contributed by atoms with E-state index in [4.69, 9.17) is 9.47 Å². The number of fused-ring (bicyclic) bond motifs is 2. The zero-order chi connectivity index (χ0) is 21.4. The first kappa shape index (κ1) is 19.3.